The van der Waals surface area contributed by atoms with Gasteiger partial charge in [-0.3, -0.25) is 24.1 Å². The molecule has 0 saturated heterocycles. The van der Waals surface area contributed by atoms with Gasteiger partial charge in [-0.15, -0.1) is 0 Å². The molecule has 3 aromatic rings. The zero-order chi connectivity index (χ0) is 21.1. The molecule has 148 valence electrons. The van der Waals surface area contributed by atoms with Crippen LogP contribution >= 0.6 is 0 Å². The van der Waals surface area contributed by atoms with Gasteiger partial charge in [0.2, 0.25) is 5.78 Å². The Balaban J connectivity index is 1.55. The summed E-state index contributed by atoms with van der Waals surface area (Å²) in [5.41, 5.74) is 1.38. The van der Waals surface area contributed by atoms with Crippen LogP contribution in [0.4, 0.5) is 0 Å². The van der Waals surface area contributed by atoms with Gasteiger partial charge in [0.05, 0.1) is 11.1 Å². The molecule has 0 N–H and O–H groups in total. The van der Waals surface area contributed by atoms with Crippen molar-refractivity contribution >= 4 is 23.6 Å². The Kier molecular flexibility index (Phi) is 5.22. The maximum Gasteiger partial charge on any atom is 0.327 e. The first-order valence-electron chi connectivity index (χ1n) is 9.35. The molecule has 1 heterocycles. The second-order valence-corrected chi connectivity index (χ2v) is 6.75. The minimum atomic E-state index is -1.18. The summed E-state index contributed by atoms with van der Waals surface area (Å²) in [6, 6.07) is 23.5. The smallest absolute Gasteiger partial charge is 0.327 e. The Morgan fingerprint density at radius 1 is 0.733 bits per heavy atom. The third-order valence-electron chi connectivity index (χ3n) is 4.81. The van der Waals surface area contributed by atoms with E-state index < -0.39 is 36.2 Å². The van der Waals surface area contributed by atoms with Gasteiger partial charge in [0.25, 0.3) is 11.8 Å². The van der Waals surface area contributed by atoms with Gasteiger partial charge in [-0.25, -0.2) is 0 Å². The van der Waals surface area contributed by atoms with Crippen molar-refractivity contribution in [2.75, 3.05) is 6.54 Å². The summed E-state index contributed by atoms with van der Waals surface area (Å²) >= 11 is 0. The van der Waals surface area contributed by atoms with E-state index in [-0.39, 0.29) is 11.1 Å². The molecule has 1 atom stereocenters. The average Bonchev–Trinajstić information content (AvgIpc) is 3.03. The number of esters is 1. The summed E-state index contributed by atoms with van der Waals surface area (Å²) in [6.07, 6.45) is -1.18. The number of imide groups is 1. The number of fused-ring (bicyclic) bond motifs is 1. The fraction of sp³-hybridized carbons (Fsp3) is 0.0833. The van der Waals surface area contributed by atoms with Crippen molar-refractivity contribution in [1.82, 2.24) is 4.90 Å². The molecule has 0 aliphatic carbocycles. The fourth-order valence-corrected chi connectivity index (χ4v) is 3.34. The molecule has 0 bridgehead atoms. The highest BCUT2D eigenvalue weighted by molar-refractivity contribution is 6.22. The average molecular weight is 399 g/mol. The summed E-state index contributed by atoms with van der Waals surface area (Å²) in [5.74, 6) is -2.35. The molecule has 0 aromatic heterocycles. The van der Waals surface area contributed by atoms with E-state index in [0.29, 0.717) is 11.1 Å². The lowest BCUT2D eigenvalue weighted by Gasteiger charge is -2.19. The van der Waals surface area contributed by atoms with Gasteiger partial charge in [0, 0.05) is 11.1 Å². The van der Waals surface area contributed by atoms with E-state index in [1.165, 1.54) is 12.1 Å². The first-order chi connectivity index (χ1) is 14.6. The van der Waals surface area contributed by atoms with Crippen molar-refractivity contribution in [2.45, 2.75) is 6.10 Å². The van der Waals surface area contributed by atoms with Crippen LogP contribution < -0.4 is 0 Å². The lowest BCUT2D eigenvalue weighted by molar-refractivity contribution is -0.147. The molecule has 0 radical (unpaired) electrons. The van der Waals surface area contributed by atoms with Gasteiger partial charge in [0.15, 0.2) is 6.10 Å². The van der Waals surface area contributed by atoms with Crippen molar-refractivity contribution in [1.29, 1.82) is 0 Å². The van der Waals surface area contributed by atoms with E-state index in [9.17, 15) is 19.2 Å². The molecule has 6 nitrogen and oxygen atoms in total. The summed E-state index contributed by atoms with van der Waals surface area (Å²) in [6.45, 7) is -0.572. The van der Waals surface area contributed by atoms with Gasteiger partial charge in [-0.2, -0.15) is 0 Å². The number of amides is 2. The Morgan fingerprint density at radius 2 is 1.23 bits per heavy atom. The van der Waals surface area contributed by atoms with Crippen LogP contribution in [-0.4, -0.2) is 35.0 Å². The Bertz CT molecular complexity index is 1090. The number of carbonyl (C=O) groups excluding carboxylic acids is 4. The highest BCUT2D eigenvalue weighted by atomic mass is 16.5. The van der Waals surface area contributed by atoms with E-state index in [2.05, 4.69) is 0 Å². The molecule has 2 amide bonds. The van der Waals surface area contributed by atoms with E-state index in [0.717, 1.165) is 4.90 Å². The van der Waals surface area contributed by atoms with Crippen LogP contribution in [0.1, 0.15) is 42.7 Å². The number of ether oxygens (including phenoxy) is 1. The quantitative estimate of drug-likeness (QED) is 0.360. The number of ketones is 1. The van der Waals surface area contributed by atoms with E-state index in [1.54, 1.807) is 72.8 Å². The molecule has 0 saturated carbocycles. The Hall–Kier alpha value is -4.06. The van der Waals surface area contributed by atoms with Gasteiger partial charge >= 0.3 is 5.97 Å². The highest BCUT2D eigenvalue weighted by Gasteiger charge is 2.37. The molecule has 1 aliphatic rings. The lowest BCUT2D eigenvalue weighted by Crippen LogP contribution is -2.36. The van der Waals surface area contributed by atoms with Crippen molar-refractivity contribution in [2.24, 2.45) is 0 Å². The molecular weight excluding hydrogens is 382 g/mol. The molecule has 6 heteroatoms. The fourth-order valence-electron chi connectivity index (χ4n) is 3.34. The van der Waals surface area contributed by atoms with Gasteiger partial charge < -0.3 is 4.74 Å². The third kappa shape index (κ3) is 3.63. The van der Waals surface area contributed by atoms with Crippen LogP contribution in [0.3, 0.4) is 0 Å². The largest absolute Gasteiger partial charge is 0.448 e. The number of carbonyl (C=O) groups is 4. The predicted molar refractivity (Wildman–Crippen MR) is 108 cm³/mol. The number of hydrogen-bond donors (Lipinski definition) is 0. The molecule has 3 aromatic carbocycles. The molecule has 0 fully saturated rings. The minimum Gasteiger partial charge on any atom is -0.448 e. The number of rotatable bonds is 6. The summed E-state index contributed by atoms with van der Waals surface area (Å²) in [4.78, 5) is 51.4. The summed E-state index contributed by atoms with van der Waals surface area (Å²) < 4.78 is 5.48. The monoisotopic (exact) mass is 399 g/mol. The van der Waals surface area contributed by atoms with Crippen molar-refractivity contribution in [3.8, 4) is 0 Å². The number of benzene rings is 3. The van der Waals surface area contributed by atoms with Crippen molar-refractivity contribution in [3.05, 3.63) is 107 Å². The molecule has 1 aliphatic heterocycles. The molecule has 0 spiro atoms. The van der Waals surface area contributed by atoms with Gasteiger partial charge in [-0.1, -0.05) is 72.8 Å². The Morgan fingerprint density at radius 3 is 1.80 bits per heavy atom. The molecule has 0 unspecified atom stereocenters. The zero-order valence-corrected chi connectivity index (χ0v) is 15.9. The van der Waals surface area contributed by atoms with Crippen molar-refractivity contribution < 1.29 is 23.9 Å². The maximum atomic E-state index is 13.0. The van der Waals surface area contributed by atoms with Crippen LogP contribution in [0.25, 0.3) is 0 Å². The third-order valence-corrected chi connectivity index (χ3v) is 4.81. The second-order valence-electron chi connectivity index (χ2n) is 6.75. The first-order valence-corrected chi connectivity index (χ1v) is 9.35. The minimum absolute atomic E-state index is 0.246. The van der Waals surface area contributed by atoms with E-state index in [4.69, 9.17) is 4.74 Å². The predicted octanol–water partition coefficient (Wildman–Crippen LogP) is 3.45. The number of nitrogens with zero attached hydrogens (tertiary/aromatic N) is 1. The van der Waals surface area contributed by atoms with Crippen LogP contribution in [0.5, 0.6) is 0 Å². The summed E-state index contributed by atoms with van der Waals surface area (Å²) in [5, 5.41) is 0. The van der Waals surface area contributed by atoms with Crippen LogP contribution in [0.2, 0.25) is 0 Å². The van der Waals surface area contributed by atoms with E-state index in [1.807, 2.05) is 0 Å². The number of Topliss-reactive ketones (excluding diaryl/α,β-unsaturated/α-hetero) is 1. The van der Waals surface area contributed by atoms with Crippen LogP contribution in [0.15, 0.2) is 84.9 Å². The second kappa shape index (κ2) is 8.13. The summed E-state index contributed by atoms with van der Waals surface area (Å²) in [7, 11) is 0. The first kappa shape index (κ1) is 19.3. The SMILES string of the molecule is O=C(CN1C(=O)c2ccccc2C1=O)O[C@@H](C(=O)c1ccccc1)c1ccccc1. The van der Waals surface area contributed by atoms with Gasteiger partial charge in [-0.05, 0) is 12.1 Å². The zero-order valence-electron chi connectivity index (χ0n) is 15.9. The molecular formula is C24H17NO5. The topological polar surface area (TPSA) is 80.8 Å². The molecule has 4 rings (SSSR count). The normalized spacial score (nSPS) is 13.7. The molecule has 30 heavy (non-hydrogen) atoms. The number of hydrogen-bond acceptors (Lipinski definition) is 5. The Labute approximate surface area is 172 Å². The van der Waals surface area contributed by atoms with Crippen LogP contribution in [0, 0.1) is 0 Å². The van der Waals surface area contributed by atoms with Crippen LogP contribution in [-0.2, 0) is 9.53 Å². The van der Waals surface area contributed by atoms with Crippen molar-refractivity contribution in [3.63, 3.8) is 0 Å². The van der Waals surface area contributed by atoms with Gasteiger partial charge in [0.1, 0.15) is 6.54 Å². The lowest BCUT2D eigenvalue weighted by atomic mass is 10.00. The standard InChI is InChI=1S/C24H17NO5/c26-20(15-25-23(28)18-13-7-8-14-19(18)24(25)29)30-22(17-11-5-2-6-12-17)21(27)16-9-3-1-4-10-16/h1-14,22H,15H2/t22-/m1/s1. The van der Waals surface area contributed by atoms with E-state index >= 15 is 0 Å². The highest BCUT2D eigenvalue weighted by Crippen LogP contribution is 2.25. The maximum absolute atomic E-state index is 13.0.